The fourth-order valence-electron chi connectivity index (χ4n) is 1.65. The minimum Gasteiger partial charge on any atom is -0.506 e. The standard InChI is InChI=1S/C13H12INO2/c1-9-7-15(13(17)11(14)12(9)16)8-10-5-3-2-4-6-10/h2-7,16H,8H2,1H3. The van der Waals surface area contributed by atoms with Gasteiger partial charge in [0.25, 0.3) is 5.56 Å². The first-order valence-electron chi connectivity index (χ1n) is 5.22. The van der Waals surface area contributed by atoms with Crippen molar-refractivity contribution in [3.05, 3.63) is 61.6 Å². The molecule has 4 heteroatoms. The molecule has 1 heterocycles. The lowest BCUT2D eigenvalue weighted by molar-refractivity contribution is 0.462. The third-order valence-electron chi connectivity index (χ3n) is 2.58. The van der Waals surface area contributed by atoms with Gasteiger partial charge in [0.15, 0.2) is 0 Å². The Morgan fingerprint density at radius 3 is 2.59 bits per heavy atom. The van der Waals surface area contributed by atoms with Crippen LogP contribution < -0.4 is 5.56 Å². The second-order valence-corrected chi connectivity index (χ2v) is 4.97. The van der Waals surface area contributed by atoms with Gasteiger partial charge in [0, 0.05) is 11.8 Å². The summed E-state index contributed by atoms with van der Waals surface area (Å²) in [5.41, 5.74) is 1.62. The Bertz CT molecular complexity index is 590. The normalized spacial score (nSPS) is 10.5. The SMILES string of the molecule is Cc1cn(Cc2ccccc2)c(=O)c(I)c1O. The first-order chi connectivity index (χ1) is 8.09. The Labute approximate surface area is 113 Å². The minimum absolute atomic E-state index is 0.0833. The average Bonchev–Trinajstić information content (AvgIpc) is 2.35. The number of benzene rings is 1. The number of rotatable bonds is 2. The lowest BCUT2D eigenvalue weighted by Gasteiger charge is -2.09. The van der Waals surface area contributed by atoms with Crippen molar-refractivity contribution < 1.29 is 5.11 Å². The van der Waals surface area contributed by atoms with Crippen molar-refractivity contribution in [1.82, 2.24) is 4.57 Å². The first-order valence-corrected chi connectivity index (χ1v) is 6.30. The molecular weight excluding hydrogens is 329 g/mol. The van der Waals surface area contributed by atoms with Gasteiger partial charge in [-0.2, -0.15) is 0 Å². The molecule has 0 radical (unpaired) electrons. The summed E-state index contributed by atoms with van der Waals surface area (Å²) < 4.78 is 1.99. The molecule has 0 aliphatic rings. The molecule has 0 saturated heterocycles. The van der Waals surface area contributed by atoms with Crippen LogP contribution in [0, 0.1) is 10.5 Å². The summed E-state index contributed by atoms with van der Waals surface area (Å²) in [4.78, 5) is 11.9. The van der Waals surface area contributed by atoms with Crippen LogP contribution >= 0.6 is 22.6 Å². The quantitative estimate of drug-likeness (QED) is 0.853. The first kappa shape index (κ1) is 12.2. The summed E-state index contributed by atoms with van der Waals surface area (Å²) in [7, 11) is 0. The van der Waals surface area contributed by atoms with Crippen molar-refractivity contribution >= 4 is 22.6 Å². The van der Waals surface area contributed by atoms with Crippen LogP contribution in [-0.2, 0) is 6.54 Å². The maximum absolute atomic E-state index is 11.9. The molecule has 1 N–H and O–H groups in total. The molecule has 1 aromatic carbocycles. The van der Waals surface area contributed by atoms with E-state index in [-0.39, 0.29) is 11.3 Å². The predicted molar refractivity (Wildman–Crippen MR) is 75.4 cm³/mol. The van der Waals surface area contributed by atoms with Gasteiger partial charge in [-0.1, -0.05) is 30.3 Å². The van der Waals surface area contributed by atoms with E-state index < -0.39 is 0 Å². The van der Waals surface area contributed by atoms with E-state index >= 15 is 0 Å². The lowest BCUT2D eigenvalue weighted by Crippen LogP contribution is -2.23. The van der Waals surface area contributed by atoms with Gasteiger partial charge in [-0.05, 0) is 35.1 Å². The molecule has 3 nitrogen and oxygen atoms in total. The average molecular weight is 341 g/mol. The van der Waals surface area contributed by atoms with Crippen LogP contribution in [0.2, 0.25) is 0 Å². The topological polar surface area (TPSA) is 42.2 Å². The summed E-state index contributed by atoms with van der Waals surface area (Å²) in [5.74, 6) is 0.0833. The number of halogens is 1. The zero-order valence-corrected chi connectivity index (χ0v) is 11.5. The number of aryl methyl sites for hydroxylation is 1. The maximum atomic E-state index is 11.9. The molecule has 0 aliphatic heterocycles. The molecule has 88 valence electrons. The number of hydrogen-bond acceptors (Lipinski definition) is 2. The van der Waals surface area contributed by atoms with Gasteiger partial charge in [0.1, 0.15) is 9.32 Å². The van der Waals surface area contributed by atoms with Crippen molar-refractivity contribution in [2.45, 2.75) is 13.5 Å². The van der Waals surface area contributed by atoms with E-state index in [9.17, 15) is 9.90 Å². The van der Waals surface area contributed by atoms with Crippen LogP contribution in [0.1, 0.15) is 11.1 Å². The largest absolute Gasteiger partial charge is 0.506 e. The van der Waals surface area contributed by atoms with Crippen molar-refractivity contribution in [3.8, 4) is 5.75 Å². The minimum atomic E-state index is -0.155. The molecule has 2 rings (SSSR count). The van der Waals surface area contributed by atoms with E-state index in [1.54, 1.807) is 17.7 Å². The van der Waals surface area contributed by atoms with Crippen molar-refractivity contribution in [2.24, 2.45) is 0 Å². The van der Waals surface area contributed by atoms with Crippen LogP contribution in [0.3, 0.4) is 0 Å². The Balaban J connectivity index is 2.44. The van der Waals surface area contributed by atoms with E-state index in [1.807, 2.05) is 52.9 Å². The Hall–Kier alpha value is -1.30. The van der Waals surface area contributed by atoms with Gasteiger partial charge in [-0.15, -0.1) is 0 Å². The number of aromatic hydroxyl groups is 1. The summed E-state index contributed by atoms with van der Waals surface area (Å²) in [6, 6.07) is 9.78. The zero-order valence-electron chi connectivity index (χ0n) is 9.35. The van der Waals surface area contributed by atoms with E-state index in [4.69, 9.17) is 0 Å². The van der Waals surface area contributed by atoms with Gasteiger partial charge in [-0.3, -0.25) is 4.79 Å². The zero-order chi connectivity index (χ0) is 12.4. The van der Waals surface area contributed by atoms with Crippen LogP contribution in [-0.4, -0.2) is 9.67 Å². The molecule has 17 heavy (non-hydrogen) atoms. The summed E-state index contributed by atoms with van der Waals surface area (Å²) in [5, 5.41) is 9.66. The van der Waals surface area contributed by atoms with Crippen LogP contribution in [0.5, 0.6) is 5.75 Å². The monoisotopic (exact) mass is 341 g/mol. The van der Waals surface area contributed by atoms with Gasteiger partial charge in [-0.25, -0.2) is 0 Å². The molecule has 1 aromatic heterocycles. The van der Waals surface area contributed by atoms with Crippen LogP contribution in [0.25, 0.3) is 0 Å². The van der Waals surface area contributed by atoms with Crippen molar-refractivity contribution in [1.29, 1.82) is 0 Å². The third kappa shape index (κ3) is 2.52. The van der Waals surface area contributed by atoms with E-state index in [0.29, 0.717) is 15.7 Å². The number of nitrogens with zero attached hydrogens (tertiary/aromatic N) is 1. The van der Waals surface area contributed by atoms with Crippen LogP contribution in [0.4, 0.5) is 0 Å². The highest BCUT2D eigenvalue weighted by Gasteiger charge is 2.09. The Kier molecular flexibility index (Phi) is 3.51. The second-order valence-electron chi connectivity index (χ2n) is 3.89. The lowest BCUT2D eigenvalue weighted by atomic mass is 10.2. The molecule has 0 bridgehead atoms. The smallest absolute Gasteiger partial charge is 0.268 e. The second kappa shape index (κ2) is 4.91. The maximum Gasteiger partial charge on any atom is 0.268 e. The fraction of sp³-hybridized carbons (Fsp3) is 0.154. The van der Waals surface area contributed by atoms with Gasteiger partial charge >= 0.3 is 0 Å². The molecule has 0 spiro atoms. The fourth-order valence-corrected chi connectivity index (χ4v) is 2.39. The Morgan fingerprint density at radius 2 is 1.94 bits per heavy atom. The molecule has 0 saturated carbocycles. The molecule has 0 fully saturated rings. The highest BCUT2D eigenvalue weighted by atomic mass is 127. The highest BCUT2D eigenvalue weighted by molar-refractivity contribution is 14.1. The molecule has 0 amide bonds. The summed E-state index contributed by atoms with van der Waals surface area (Å²) in [6.45, 7) is 2.31. The highest BCUT2D eigenvalue weighted by Crippen LogP contribution is 2.19. The van der Waals surface area contributed by atoms with E-state index in [1.165, 1.54) is 0 Å². The predicted octanol–water partition coefficient (Wildman–Crippen LogP) is 2.52. The molecule has 0 unspecified atom stereocenters. The third-order valence-corrected chi connectivity index (χ3v) is 3.55. The molecular formula is C13H12INO2. The summed E-state index contributed by atoms with van der Waals surface area (Å²) >= 11 is 1.88. The number of aromatic nitrogens is 1. The van der Waals surface area contributed by atoms with Crippen molar-refractivity contribution in [2.75, 3.05) is 0 Å². The molecule has 2 aromatic rings. The summed E-state index contributed by atoms with van der Waals surface area (Å²) in [6.07, 6.45) is 1.69. The van der Waals surface area contributed by atoms with Gasteiger partial charge < -0.3 is 9.67 Å². The van der Waals surface area contributed by atoms with Gasteiger partial charge in [0.05, 0.1) is 6.54 Å². The van der Waals surface area contributed by atoms with E-state index in [0.717, 1.165) is 5.56 Å². The molecule has 0 aliphatic carbocycles. The number of pyridine rings is 1. The van der Waals surface area contributed by atoms with Crippen molar-refractivity contribution in [3.63, 3.8) is 0 Å². The molecule has 0 atom stereocenters. The number of hydrogen-bond donors (Lipinski definition) is 1. The van der Waals surface area contributed by atoms with E-state index in [2.05, 4.69) is 0 Å². The Morgan fingerprint density at radius 1 is 1.29 bits per heavy atom. The van der Waals surface area contributed by atoms with Crippen LogP contribution in [0.15, 0.2) is 41.3 Å². The van der Waals surface area contributed by atoms with Gasteiger partial charge in [0.2, 0.25) is 0 Å².